The second-order valence-electron chi connectivity index (χ2n) is 3.02. The number of benzene rings is 1. The summed E-state index contributed by atoms with van der Waals surface area (Å²) in [6.07, 6.45) is 0.522. The highest BCUT2D eigenvalue weighted by atomic mass is 32.2. The minimum absolute atomic E-state index is 0.0947. The van der Waals surface area contributed by atoms with E-state index < -0.39 is 10.1 Å². The number of hydrogen-bond donors (Lipinski definition) is 2. The third kappa shape index (κ3) is 1.63. The summed E-state index contributed by atoms with van der Waals surface area (Å²) >= 11 is 4.94. The lowest BCUT2D eigenvalue weighted by Crippen LogP contribution is -2.00. The van der Waals surface area contributed by atoms with Crippen molar-refractivity contribution >= 4 is 33.0 Å². The van der Waals surface area contributed by atoms with Crippen molar-refractivity contribution in [3.8, 4) is 0 Å². The molecule has 0 radical (unpaired) electrons. The molecule has 74 valence electrons. The Hall–Kier alpha value is -0.980. The topological polar surface area (TPSA) is 66.4 Å². The first kappa shape index (κ1) is 9.57. The van der Waals surface area contributed by atoms with E-state index in [2.05, 4.69) is 5.32 Å². The molecule has 0 spiro atoms. The van der Waals surface area contributed by atoms with Crippen LogP contribution in [0.25, 0.3) is 0 Å². The smallest absolute Gasteiger partial charge is 0.294 e. The van der Waals surface area contributed by atoms with Crippen LogP contribution in [0.1, 0.15) is 5.56 Å². The van der Waals surface area contributed by atoms with Crippen molar-refractivity contribution in [2.45, 2.75) is 11.3 Å². The molecule has 0 aliphatic carbocycles. The highest BCUT2D eigenvalue weighted by Gasteiger charge is 2.18. The first-order valence-corrected chi connectivity index (χ1v) is 5.72. The molecule has 4 nitrogen and oxygen atoms in total. The molecule has 2 N–H and O–H groups in total. The standard InChI is InChI=1S/C8H7NO3S2/c10-14(11,12)6-1-2-7-5(3-6)4-8(13)9-7/h1-3H,4H2,(H,9,13)(H,10,11,12). The number of anilines is 1. The minimum atomic E-state index is -4.11. The maximum atomic E-state index is 10.8. The molecule has 0 saturated heterocycles. The molecule has 0 amide bonds. The SMILES string of the molecule is O=S(=O)(O)c1ccc2c(c1)CC(=S)N2. The second-order valence-corrected chi connectivity index (χ2v) is 4.93. The summed E-state index contributed by atoms with van der Waals surface area (Å²) in [5.74, 6) is 0. The fourth-order valence-corrected chi connectivity index (χ4v) is 2.16. The summed E-state index contributed by atoms with van der Waals surface area (Å²) < 4.78 is 30.4. The van der Waals surface area contributed by atoms with E-state index in [1.165, 1.54) is 12.1 Å². The summed E-state index contributed by atoms with van der Waals surface area (Å²) in [6.45, 7) is 0. The highest BCUT2D eigenvalue weighted by molar-refractivity contribution is 7.85. The van der Waals surface area contributed by atoms with E-state index in [4.69, 9.17) is 16.8 Å². The quantitative estimate of drug-likeness (QED) is 0.560. The van der Waals surface area contributed by atoms with Gasteiger partial charge >= 0.3 is 0 Å². The molecular weight excluding hydrogens is 222 g/mol. The van der Waals surface area contributed by atoms with Gasteiger partial charge in [0, 0.05) is 12.1 Å². The number of thiocarbonyl (C=S) groups is 1. The van der Waals surface area contributed by atoms with Gasteiger partial charge < -0.3 is 5.32 Å². The average molecular weight is 229 g/mol. The van der Waals surface area contributed by atoms with Crippen LogP contribution in [0, 0.1) is 0 Å². The van der Waals surface area contributed by atoms with Gasteiger partial charge in [-0.05, 0) is 23.8 Å². The number of nitrogens with one attached hydrogen (secondary N) is 1. The van der Waals surface area contributed by atoms with Crippen molar-refractivity contribution in [3.05, 3.63) is 23.8 Å². The van der Waals surface area contributed by atoms with Crippen molar-refractivity contribution in [3.63, 3.8) is 0 Å². The zero-order valence-corrected chi connectivity index (χ0v) is 8.65. The molecule has 1 aliphatic heterocycles. The van der Waals surface area contributed by atoms with Gasteiger partial charge in [0.05, 0.1) is 9.88 Å². The normalized spacial score (nSPS) is 15.1. The molecule has 0 fully saturated rings. The first-order chi connectivity index (χ1) is 6.47. The largest absolute Gasteiger partial charge is 0.350 e. The predicted octanol–water partition coefficient (Wildman–Crippen LogP) is 1.23. The Morgan fingerprint density at radius 1 is 1.43 bits per heavy atom. The van der Waals surface area contributed by atoms with Crippen LogP contribution in [0.2, 0.25) is 0 Å². The van der Waals surface area contributed by atoms with Gasteiger partial charge in [0.1, 0.15) is 0 Å². The van der Waals surface area contributed by atoms with Gasteiger partial charge in [-0.3, -0.25) is 4.55 Å². The summed E-state index contributed by atoms with van der Waals surface area (Å²) in [7, 11) is -4.11. The molecule has 6 heteroatoms. The molecule has 0 atom stereocenters. The van der Waals surface area contributed by atoms with E-state index in [0.717, 1.165) is 11.3 Å². The van der Waals surface area contributed by atoms with Gasteiger partial charge in [-0.25, -0.2) is 0 Å². The van der Waals surface area contributed by atoms with Crippen LogP contribution in [0.5, 0.6) is 0 Å². The van der Waals surface area contributed by atoms with Crippen molar-refractivity contribution < 1.29 is 13.0 Å². The lowest BCUT2D eigenvalue weighted by atomic mass is 10.2. The van der Waals surface area contributed by atoms with Crippen molar-refractivity contribution in [1.29, 1.82) is 0 Å². The van der Waals surface area contributed by atoms with E-state index in [-0.39, 0.29) is 4.90 Å². The Bertz CT molecular complexity index is 507. The molecule has 1 aromatic carbocycles. The Labute approximate surface area is 86.7 Å². The van der Waals surface area contributed by atoms with Gasteiger partial charge in [0.15, 0.2) is 0 Å². The van der Waals surface area contributed by atoms with E-state index in [9.17, 15) is 8.42 Å². The monoisotopic (exact) mass is 229 g/mol. The third-order valence-electron chi connectivity index (χ3n) is 2.00. The van der Waals surface area contributed by atoms with Gasteiger partial charge in [-0.15, -0.1) is 0 Å². The first-order valence-electron chi connectivity index (χ1n) is 3.87. The Morgan fingerprint density at radius 3 is 2.79 bits per heavy atom. The average Bonchev–Trinajstić information content (AvgIpc) is 2.41. The molecule has 1 heterocycles. The Morgan fingerprint density at radius 2 is 2.14 bits per heavy atom. The van der Waals surface area contributed by atoms with Gasteiger partial charge in [0.2, 0.25) is 0 Å². The van der Waals surface area contributed by atoms with Crippen LogP contribution < -0.4 is 5.32 Å². The molecule has 0 unspecified atom stereocenters. The summed E-state index contributed by atoms with van der Waals surface area (Å²) in [5, 5.41) is 2.93. The van der Waals surface area contributed by atoms with Gasteiger partial charge in [0.25, 0.3) is 10.1 Å². The van der Waals surface area contributed by atoms with E-state index in [1.54, 1.807) is 6.07 Å². The van der Waals surface area contributed by atoms with Gasteiger partial charge in [-0.1, -0.05) is 12.2 Å². The molecule has 1 aliphatic rings. The van der Waals surface area contributed by atoms with E-state index in [1.807, 2.05) is 0 Å². The predicted molar refractivity (Wildman–Crippen MR) is 56.2 cm³/mol. The molecule has 0 bridgehead atoms. The van der Waals surface area contributed by atoms with Crippen molar-refractivity contribution in [2.24, 2.45) is 0 Å². The van der Waals surface area contributed by atoms with Gasteiger partial charge in [-0.2, -0.15) is 8.42 Å². The van der Waals surface area contributed by atoms with Crippen LogP contribution in [-0.4, -0.2) is 18.0 Å². The lowest BCUT2D eigenvalue weighted by Gasteiger charge is -2.00. The molecule has 0 aromatic heterocycles. The van der Waals surface area contributed by atoms with E-state index >= 15 is 0 Å². The Kier molecular flexibility index (Phi) is 2.06. The zero-order valence-electron chi connectivity index (χ0n) is 7.02. The second kappa shape index (κ2) is 3.01. The summed E-state index contributed by atoms with van der Waals surface area (Å²) in [5.41, 5.74) is 1.60. The van der Waals surface area contributed by atoms with Crippen LogP contribution in [0.3, 0.4) is 0 Å². The molecular formula is C8H7NO3S2. The third-order valence-corrected chi connectivity index (χ3v) is 3.10. The van der Waals surface area contributed by atoms with Crippen LogP contribution in [0.4, 0.5) is 5.69 Å². The summed E-state index contributed by atoms with van der Waals surface area (Å²) in [4.78, 5) is 0.565. The number of fused-ring (bicyclic) bond motifs is 1. The van der Waals surface area contributed by atoms with Crippen LogP contribution in [-0.2, 0) is 16.5 Å². The summed E-state index contributed by atoms with van der Waals surface area (Å²) in [6, 6.07) is 4.36. The molecule has 14 heavy (non-hydrogen) atoms. The number of rotatable bonds is 1. The van der Waals surface area contributed by atoms with E-state index in [0.29, 0.717) is 11.4 Å². The maximum absolute atomic E-state index is 10.8. The van der Waals surface area contributed by atoms with Crippen LogP contribution >= 0.6 is 12.2 Å². The van der Waals surface area contributed by atoms with Crippen molar-refractivity contribution in [2.75, 3.05) is 5.32 Å². The highest BCUT2D eigenvalue weighted by Crippen LogP contribution is 2.26. The molecule has 1 aromatic rings. The molecule has 2 rings (SSSR count). The Balaban J connectivity index is 2.53. The van der Waals surface area contributed by atoms with Crippen molar-refractivity contribution in [1.82, 2.24) is 0 Å². The van der Waals surface area contributed by atoms with Crippen LogP contribution in [0.15, 0.2) is 23.1 Å². The minimum Gasteiger partial charge on any atom is -0.350 e. The lowest BCUT2D eigenvalue weighted by molar-refractivity contribution is 0.483. The maximum Gasteiger partial charge on any atom is 0.294 e. The number of hydrogen-bond acceptors (Lipinski definition) is 3. The fourth-order valence-electron chi connectivity index (χ4n) is 1.37. The fraction of sp³-hybridized carbons (Fsp3) is 0.125. The zero-order chi connectivity index (χ0) is 10.3. The molecule has 0 saturated carbocycles.